The third-order valence-corrected chi connectivity index (χ3v) is 4.38. The molecule has 3 rings (SSSR count). The molecule has 0 aromatic heterocycles. The fraction of sp³-hybridized carbons (Fsp3) is 0.250. The van der Waals surface area contributed by atoms with Gasteiger partial charge in [-0.05, 0) is 43.5 Å². The Morgan fingerprint density at radius 3 is 2.42 bits per heavy atom. The van der Waals surface area contributed by atoms with Crippen molar-refractivity contribution in [1.29, 1.82) is 0 Å². The van der Waals surface area contributed by atoms with Crippen molar-refractivity contribution in [3.63, 3.8) is 0 Å². The summed E-state index contributed by atoms with van der Waals surface area (Å²) in [5, 5.41) is 5.33. The molecule has 0 unspecified atom stereocenters. The fourth-order valence-electron chi connectivity index (χ4n) is 2.80. The van der Waals surface area contributed by atoms with Gasteiger partial charge in [0.1, 0.15) is 5.82 Å². The van der Waals surface area contributed by atoms with Gasteiger partial charge >= 0.3 is 6.03 Å². The van der Waals surface area contributed by atoms with E-state index >= 15 is 0 Å². The van der Waals surface area contributed by atoms with Crippen molar-refractivity contribution in [2.24, 2.45) is 0 Å². The van der Waals surface area contributed by atoms with Gasteiger partial charge in [-0.25, -0.2) is 9.18 Å². The first-order chi connectivity index (χ1) is 12.6. The molecule has 2 aromatic rings. The molecule has 0 spiro atoms. The number of carbonyl (C=O) groups is 1. The van der Waals surface area contributed by atoms with Gasteiger partial charge in [0.15, 0.2) is 0 Å². The van der Waals surface area contributed by atoms with Crippen molar-refractivity contribution >= 4 is 23.5 Å². The topological polar surface area (TPSA) is 47.6 Å². The molecule has 136 valence electrons. The molecule has 0 radical (unpaired) electrons. The normalized spacial score (nSPS) is 15.2. The minimum Gasteiger partial charge on any atom is -0.369 e. The van der Waals surface area contributed by atoms with Gasteiger partial charge in [-0.15, -0.1) is 0 Å². The molecule has 1 aliphatic heterocycles. The van der Waals surface area contributed by atoms with E-state index in [2.05, 4.69) is 27.5 Å². The first kappa shape index (κ1) is 17.9. The molecular formula is C20H23FN4O. The molecule has 26 heavy (non-hydrogen) atoms. The lowest BCUT2D eigenvalue weighted by molar-refractivity contribution is 0.255. The second-order valence-corrected chi connectivity index (χ2v) is 6.29. The van der Waals surface area contributed by atoms with Crippen LogP contribution in [0.4, 0.5) is 20.6 Å². The Labute approximate surface area is 153 Å². The zero-order chi connectivity index (χ0) is 18.4. The minimum absolute atomic E-state index is 0.328. The summed E-state index contributed by atoms with van der Waals surface area (Å²) in [4.78, 5) is 16.6. The van der Waals surface area contributed by atoms with Gasteiger partial charge < -0.3 is 20.4 Å². The number of rotatable bonds is 4. The largest absolute Gasteiger partial charge is 0.369 e. The number of nitrogens with zero attached hydrogens (tertiary/aromatic N) is 2. The summed E-state index contributed by atoms with van der Waals surface area (Å²) in [6, 6.07) is 13.8. The maximum Gasteiger partial charge on any atom is 0.323 e. The van der Waals surface area contributed by atoms with E-state index in [1.807, 2.05) is 24.3 Å². The van der Waals surface area contributed by atoms with E-state index in [4.69, 9.17) is 0 Å². The van der Waals surface area contributed by atoms with Gasteiger partial charge in [-0.1, -0.05) is 18.2 Å². The number of nitrogens with one attached hydrogen (secondary N) is 2. The molecule has 1 fully saturated rings. The van der Waals surface area contributed by atoms with Crippen molar-refractivity contribution in [2.45, 2.75) is 0 Å². The highest BCUT2D eigenvalue weighted by Crippen LogP contribution is 2.19. The molecular weight excluding hydrogens is 331 g/mol. The number of hydrogen-bond donors (Lipinski definition) is 2. The average molecular weight is 354 g/mol. The van der Waals surface area contributed by atoms with Crippen molar-refractivity contribution < 1.29 is 9.18 Å². The summed E-state index contributed by atoms with van der Waals surface area (Å²) in [6.45, 7) is 4.11. The Kier molecular flexibility index (Phi) is 5.86. The summed E-state index contributed by atoms with van der Waals surface area (Å²) in [5.74, 6) is -0.328. The molecule has 1 heterocycles. The van der Waals surface area contributed by atoms with E-state index in [-0.39, 0.29) is 11.8 Å². The third kappa shape index (κ3) is 4.83. The van der Waals surface area contributed by atoms with Gasteiger partial charge in [-0.2, -0.15) is 0 Å². The highest BCUT2D eigenvalue weighted by atomic mass is 19.1. The highest BCUT2D eigenvalue weighted by Gasteiger charge is 2.14. The van der Waals surface area contributed by atoms with E-state index in [0.717, 1.165) is 31.9 Å². The van der Waals surface area contributed by atoms with Gasteiger partial charge in [0.25, 0.3) is 0 Å². The summed E-state index contributed by atoms with van der Waals surface area (Å²) in [5.41, 5.74) is 2.28. The van der Waals surface area contributed by atoms with Crippen LogP contribution in [0.1, 0.15) is 5.56 Å². The molecule has 0 bridgehead atoms. The number of urea groups is 1. The lowest BCUT2D eigenvalue weighted by atomic mass is 10.2. The predicted molar refractivity (Wildman–Crippen MR) is 104 cm³/mol. The van der Waals surface area contributed by atoms with E-state index < -0.39 is 0 Å². The zero-order valence-electron chi connectivity index (χ0n) is 14.8. The summed E-state index contributed by atoms with van der Waals surface area (Å²) < 4.78 is 13.5. The number of likely N-dealkylation sites (N-methyl/N-ethyl adjacent to an activating group) is 1. The van der Waals surface area contributed by atoms with Crippen LogP contribution in [-0.2, 0) is 0 Å². The number of hydrogen-bond acceptors (Lipinski definition) is 3. The number of carbonyl (C=O) groups excluding carboxylic acids is 1. The van der Waals surface area contributed by atoms with Crippen LogP contribution in [0.15, 0.2) is 54.7 Å². The molecule has 0 aliphatic carbocycles. The maximum absolute atomic E-state index is 13.5. The first-order valence-corrected chi connectivity index (χ1v) is 8.64. The smallest absolute Gasteiger partial charge is 0.323 e. The Balaban J connectivity index is 1.51. The van der Waals surface area contributed by atoms with E-state index in [1.165, 1.54) is 18.3 Å². The van der Waals surface area contributed by atoms with Crippen LogP contribution in [0.2, 0.25) is 0 Å². The van der Waals surface area contributed by atoms with Crippen molar-refractivity contribution in [1.82, 2.24) is 10.2 Å². The summed E-state index contributed by atoms with van der Waals surface area (Å²) >= 11 is 0. The van der Waals surface area contributed by atoms with Crippen molar-refractivity contribution in [3.05, 3.63) is 66.1 Å². The predicted octanol–water partition coefficient (Wildman–Crippen LogP) is 3.37. The summed E-state index contributed by atoms with van der Waals surface area (Å²) in [6.07, 6.45) is 2.94. The second kappa shape index (κ2) is 8.49. The Bertz CT molecular complexity index is 768. The number of piperazine rings is 1. The lowest BCUT2D eigenvalue weighted by Gasteiger charge is -2.34. The van der Waals surface area contributed by atoms with Crippen LogP contribution >= 0.6 is 0 Å². The third-order valence-electron chi connectivity index (χ3n) is 4.38. The van der Waals surface area contributed by atoms with Crippen LogP contribution in [0.3, 0.4) is 0 Å². The molecule has 1 saturated heterocycles. The van der Waals surface area contributed by atoms with Crippen LogP contribution in [-0.4, -0.2) is 44.2 Å². The van der Waals surface area contributed by atoms with Gasteiger partial charge in [0.2, 0.25) is 0 Å². The van der Waals surface area contributed by atoms with Crippen molar-refractivity contribution in [3.8, 4) is 0 Å². The quantitative estimate of drug-likeness (QED) is 0.885. The Hall–Kier alpha value is -2.86. The van der Waals surface area contributed by atoms with E-state index in [9.17, 15) is 9.18 Å². The monoisotopic (exact) mass is 354 g/mol. The zero-order valence-corrected chi connectivity index (χ0v) is 14.8. The van der Waals surface area contributed by atoms with Gasteiger partial charge in [0, 0.05) is 49.3 Å². The molecule has 2 amide bonds. The molecule has 2 N–H and O–H groups in total. The SMILES string of the molecule is CN1CCN(c2ccc(NC(=O)N/C=C/c3ccccc3F)cc2)CC1. The molecule has 5 nitrogen and oxygen atoms in total. The van der Waals surface area contributed by atoms with Crippen LogP contribution in [0, 0.1) is 5.82 Å². The fourth-order valence-corrected chi connectivity index (χ4v) is 2.80. The molecule has 1 aliphatic rings. The number of anilines is 2. The Morgan fingerprint density at radius 2 is 1.73 bits per heavy atom. The number of halogens is 1. The number of amides is 2. The first-order valence-electron chi connectivity index (χ1n) is 8.64. The second-order valence-electron chi connectivity index (χ2n) is 6.29. The summed E-state index contributed by atoms with van der Waals surface area (Å²) in [7, 11) is 2.13. The molecule has 0 saturated carbocycles. The van der Waals surface area contributed by atoms with E-state index in [1.54, 1.807) is 18.2 Å². The van der Waals surface area contributed by atoms with Crippen LogP contribution in [0.25, 0.3) is 6.08 Å². The van der Waals surface area contributed by atoms with Crippen LogP contribution < -0.4 is 15.5 Å². The van der Waals surface area contributed by atoms with E-state index in [0.29, 0.717) is 11.3 Å². The molecule has 2 aromatic carbocycles. The van der Waals surface area contributed by atoms with Gasteiger partial charge in [0.05, 0.1) is 0 Å². The average Bonchev–Trinajstić information content (AvgIpc) is 2.65. The lowest BCUT2D eigenvalue weighted by Crippen LogP contribution is -2.44. The van der Waals surface area contributed by atoms with Crippen molar-refractivity contribution in [2.75, 3.05) is 43.4 Å². The van der Waals surface area contributed by atoms with Gasteiger partial charge in [-0.3, -0.25) is 0 Å². The highest BCUT2D eigenvalue weighted by molar-refractivity contribution is 5.90. The number of benzene rings is 2. The standard InChI is InChI=1S/C20H23FN4O/c1-24-12-14-25(15-13-24)18-8-6-17(7-9-18)23-20(26)22-11-10-16-4-2-3-5-19(16)21/h2-11H,12-15H2,1H3,(H2,22,23,26)/b11-10+. The minimum atomic E-state index is -0.370. The Morgan fingerprint density at radius 1 is 1.04 bits per heavy atom. The van der Waals surface area contributed by atoms with Crippen LogP contribution in [0.5, 0.6) is 0 Å². The maximum atomic E-state index is 13.5. The molecule has 6 heteroatoms. The molecule has 0 atom stereocenters.